The zero-order chi connectivity index (χ0) is 18.4. The number of thioether (sulfide) groups is 1. The molecule has 0 bridgehead atoms. The van der Waals surface area contributed by atoms with Gasteiger partial charge in [-0.3, -0.25) is 9.89 Å². The Bertz CT molecular complexity index is 728. The monoisotopic (exact) mass is 374 g/mol. The molecule has 1 amide bonds. The van der Waals surface area contributed by atoms with Gasteiger partial charge in [-0.25, -0.2) is 4.98 Å². The van der Waals surface area contributed by atoms with Gasteiger partial charge in [0.25, 0.3) is 0 Å². The van der Waals surface area contributed by atoms with E-state index < -0.39 is 0 Å². The van der Waals surface area contributed by atoms with Gasteiger partial charge in [-0.05, 0) is 18.9 Å². The number of hydrogen-bond acceptors (Lipinski definition) is 5. The molecule has 1 aromatic carbocycles. The normalized spacial score (nSPS) is 15.8. The minimum Gasteiger partial charge on any atom is -0.496 e. The molecule has 1 unspecified atom stereocenters. The number of aromatic nitrogens is 3. The van der Waals surface area contributed by atoms with Crippen molar-refractivity contribution in [3.8, 4) is 5.75 Å². The van der Waals surface area contributed by atoms with Gasteiger partial charge in [0.1, 0.15) is 11.6 Å². The lowest BCUT2D eigenvalue weighted by atomic mass is 10.0. The Hall–Kier alpha value is -2.02. The fourth-order valence-corrected chi connectivity index (χ4v) is 4.06. The first-order valence-corrected chi connectivity index (χ1v) is 10.0. The number of carbonyl (C=O) groups excluding carboxylic acids is 1. The van der Waals surface area contributed by atoms with E-state index in [1.54, 1.807) is 7.11 Å². The molecule has 1 saturated carbocycles. The molecule has 26 heavy (non-hydrogen) atoms. The third kappa shape index (κ3) is 5.00. The van der Waals surface area contributed by atoms with Gasteiger partial charge in [0.15, 0.2) is 0 Å². The summed E-state index contributed by atoms with van der Waals surface area (Å²) in [5, 5.41) is 10.6. The maximum absolute atomic E-state index is 12.4. The smallest absolute Gasteiger partial charge is 0.233 e. The minimum absolute atomic E-state index is 0.0388. The summed E-state index contributed by atoms with van der Waals surface area (Å²) in [7, 11) is 1.63. The van der Waals surface area contributed by atoms with E-state index in [0.29, 0.717) is 11.7 Å². The highest BCUT2D eigenvalue weighted by Crippen LogP contribution is 2.28. The maximum Gasteiger partial charge on any atom is 0.233 e. The quantitative estimate of drug-likeness (QED) is 0.693. The average molecular weight is 375 g/mol. The maximum atomic E-state index is 12.4. The van der Waals surface area contributed by atoms with Crippen molar-refractivity contribution < 1.29 is 9.53 Å². The Morgan fingerprint density at radius 1 is 1.38 bits per heavy atom. The van der Waals surface area contributed by atoms with Gasteiger partial charge in [0.05, 0.1) is 12.4 Å². The molecule has 2 N–H and O–H groups in total. The number of carbonyl (C=O) groups is 1. The van der Waals surface area contributed by atoms with Crippen molar-refractivity contribution in [1.82, 2.24) is 20.5 Å². The van der Waals surface area contributed by atoms with E-state index in [4.69, 9.17) is 4.74 Å². The van der Waals surface area contributed by atoms with Crippen LogP contribution in [0.1, 0.15) is 44.0 Å². The van der Waals surface area contributed by atoms with Gasteiger partial charge in [-0.2, -0.15) is 0 Å². The van der Waals surface area contributed by atoms with Crippen molar-refractivity contribution >= 4 is 17.7 Å². The Kier molecular flexibility index (Phi) is 6.55. The lowest BCUT2D eigenvalue weighted by molar-refractivity contribution is -0.120. The summed E-state index contributed by atoms with van der Waals surface area (Å²) in [6.45, 7) is 2.31. The molecule has 3 rings (SSSR count). The molecule has 140 valence electrons. The topological polar surface area (TPSA) is 79.9 Å². The number of amides is 1. The predicted molar refractivity (Wildman–Crippen MR) is 102 cm³/mol. The van der Waals surface area contributed by atoms with Crippen LogP contribution in [0.4, 0.5) is 0 Å². The number of para-hydroxylation sites is 1. The Morgan fingerprint density at radius 2 is 2.15 bits per heavy atom. The SMILES string of the molecule is COc1ccccc1CNC(=O)C(C)Sc1n[nH]c(CC2CCCC2)n1. The van der Waals surface area contributed by atoms with Crippen LogP contribution >= 0.6 is 11.8 Å². The number of hydrogen-bond donors (Lipinski definition) is 2. The number of H-pyrrole nitrogens is 1. The van der Waals surface area contributed by atoms with Crippen LogP contribution < -0.4 is 10.1 Å². The van der Waals surface area contributed by atoms with E-state index in [0.717, 1.165) is 29.5 Å². The predicted octanol–water partition coefficient (Wildman–Crippen LogP) is 3.34. The number of methoxy groups -OCH3 is 1. The zero-order valence-electron chi connectivity index (χ0n) is 15.3. The number of ether oxygens (including phenoxy) is 1. The molecule has 0 aliphatic heterocycles. The van der Waals surface area contributed by atoms with E-state index in [9.17, 15) is 4.79 Å². The third-order valence-corrected chi connectivity index (χ3v) is 5.73. The van der Waals surface area contributed by atoms with E-state index in [1.807, 2.05) is 31.2 Å². The molecule has 0 radical (unpaired) electrons. The molecular weight excluding hydrogens is 348 g/mol. The van der Waals surface area contributed by atoms with E-state index in [-0.39, 0.29) is 11.2 Å². The number of rotatable bonds is 8. The van der Waals surface area contributed by atoms with Gasteiger partial charge in [-0.1, -0.05) is 55.6 Å². The van der Waals surface area contributed by atoms with Gasteiger partial charge in [0, 0.05) is 18.5 Å². The van der Waals surface area contributed by atoms with Gasteiger partial charge < -0.3 is 10.1 Å². The Labute approximate surface area is 158 Å². The summed E-state index contributed by atoms with van der Waals surface area (Å²) < 4.78 is 5.31. The summed E-state index contributed by atoms with van der Waals surface area (Å²) >= 11 is 1.38. The highest BCUT2D eigenvalue weighted by Gasteiger charge is 2.20. The first-order valence-electron chi connectivity index (χ1n) is 9.13. The lowest BCUT2D eigenvalue weighted by Crippen LogP contribution is -2.30. The van der Waals surface area contributed by atoms with Crippen molar-refractivity contribution in [2.45, 2.75) is 56.0 Å². The number of nitrogens with zero attached hydrogens (tertiary/aromatic N) is 2. The second-order valence-electron chi connectivity index (χ2n) is 6.71. The van der Waals surface area contributed by atoms with Crippen molar-refractivity contribution in [1.29, 1.82) is 0 Å². The first kappa shape index (κ1) is 18.8. The molecule has 1 aliphatic carbocycles. The summed E-state index contributed by atoms with van der Waals surface area (Å²) in [4.78, 5) is 16.9. The van der Waals surface area contributed by atoms with E-state index >= 15 is 0 Å². The zero-order valence-corrected chi connectivity index (χ0v) is 16.1. The van der Waals surface area contributed by atoms with Gasteiger partial charge >= 0.3 is 0 Å². The largest absolute Gasteiger partial charge is 0.496 e. The van der Waals surface area contributed by atoms with Crippen LogP contribution in [0.15, 0.2) is 29.4 Å². The summed E-state index contributed by atoms with van der Waals surface area (Å²) in [5.41, 5.74) is 0.956. The summed E-state index contributed by atoms with van der Waals surface area (Å²) in [5.74, 6) is 2.39. The van der Waals surface area contributed by atoms with E-state index in [2.05, 4.69) is 20.5 Å². The second kappa shape index (κ2) is 9.07. The minimum atomic E-state index is -0.264. The van der Waals surface area contributed by atoms with Crippen molar-refractivity contribution in [3.05, 3.63) is 35.7 Å². The number of benzene rings is 1. The Morgan fingerprint density at radius 3 is 2.92 bits per heavy atom. The average Bonchev–Trinajstić information content (AvgIpc) is 3.32. The van der Waals surface area contributed by atoms with Crippen LogP contribution in [-0.4, -0.2) is 33.4 Å². The molecule has 0 spiro atoms. The summed E-state index contributed by atoms with van der Waals surface area (Å²) in [6, 6.07) is 7.68. The standard InChI is InChI=1S/C19H26N4O2S/c1-13(18(24)20-12-15-9-5-6-10-16(15)25-2)26-19-21-17(22-23-19)11-14-7-3-4-8-14/h5-6,9-10,13-14H,3-4,7-8,11-12H2,1-2H3,(H,20,24)(H,21,22,23). The van der Waals surface area contributed by atoms with Crippen LogP contribution in [0.3, 0.4) is 0 Å². The molecule has 0 saturated heterocycles. The molecule has 6 nitrogen and oxygen atoms in total. The highest BCUT2D eigenvalue weighted by molar-refractivity contribution is 8.00. The molecule has 1 aliphatic rings. The van der Waals surface area contributed by atoms with Crippen molar-refractivity contribution in [2.75, 3.05) is 7.11 Å². The van der Waals surface area contributed by atoms with Crippen LogP contribution in [-0.2, 0) is 17.8 Å². The van der Waals surface area contributed by atoms with Crippen molar-refractivity contribution in [2.24, 2.45) is 5.92 Å². The van der Waals surface area contributed by atoms with E-state index in [1.165, 1.54) is 37.4 Å². The lowest BCUT2D eigenvalue weighted by Gasteiger charge is -2.12. The third-order valence-electron chi connectivity index (χ3n) is 4.76. The van der Waals surface area contributed by atoms with Crippen LogP contribution in [0.2, 0.25) is 0 Å². The first-order chi connectivity index (χ1) is 12.7. The molecule has 1 aromatic heterocycles. The molecule has 1 fully saturated rings. The fraction of sp³-hybridized carbons (Fsp3) is 0.526. The summed E-state index contributed by atoms with van der Waals surface area (Å²) in [6.07, 6.45) is 6.17. The van der Waals surface area contributed by atoms with Crippen LogP contribution in [0.5, 0.6) is 5.75 Å². The Balaban J connectivity index is 1.48. The molecule has 2 aromatic rings. The second-order valence-corrected chi connectivity index (χ2v) is 8.02. The fourth-order valence-electron chi connectivity index (χ4n) is 3.30. The van der Waals surface area contributed by atoms with Crippen molar-refractivity contribution in [3.63, 3.8) is 0 Å². The molecule has 1 atom stereocenters. The van der Waals surface area contributed by atoms with Crippen LogP contribution in [0.25, 0.3) is 0 Å². The highest BCUT2D eigenvalue weighted by atomic mass is 32.2. The van der Waals surface area contributed by atoms with Crippen LogP contribution in [0, 0.1) is 5.92 Å². The van der Waals surface area contributed by atoms with Gasteiger partial charge in [-0.15, -0.1) is 5.10 Å². The number of nitrogens with one attached hydrogen (secondary N) is 2. The molecular formula is C19H26N4O2S. The molecule has 1 heterocycles. The number of aromatic amines is 1. The molecule has 7 heteroatoms. The van der Waals surface area contributed by atoms with Gasteiger partial charge in [0.2, 0.25) is 11.1 Å².